The fourth-order valence-electron chi connectivity index (χ4n) is 1.04. The van der Waals surface area contributed by atoms with Gasteiger partial charge in [-0.25, -0.2) is 9.97 Å². The van der Waals surface area contributed by atoms with E-state index in [4.69, 9.17) is 0 Å². The maximum atomic E-state index is 4.25. The Bertz CT molecular complexity index is 238. The molecule has 3 nitrogen and oxygen atoms in total. The van der Waals surface area contributed by atoms with Crippen LogP contribution in [0.2, 0.25) is 0 Å². The lowest BCUT2D eigenvalue weighted by molar-refractivity contribution is 0.938. The van der Waals surface area contributed by atoms with E-state index in [-0.39, 0.29) is 0 Å². The molecule has 3 heteroatoms. The van der Waals surface area contributed by atoms with E-state index in [2.05, 4.69) is 22.2 Å². The molecule has 66 valence electrons. The summed E-state index contributed by atoms with van der Waals surface area (Å²) in [7, 11) is 0. The lowest BCUT2D eigenvalue weighted by Gasteiger charge is -2.04. The van der Waals surface area contributed by atoms with Gasteiger partial charge in [0.2, 0.25) is 5.95 Å². The molecule has 0 atom stereocenters. The first-order valence-corrected chi connectivity index (χ1v) is 4.28. The van der Waals surface area contributed by atoms with Gasteiger partial charge in [-0.3, -0.25) is 0 Å². The highest BCUT2D eigenvalue weighted by molar-refractivity contribution is 5.27. The number of nitrogens with one attached hydrogen (secondary N) is 1. The van der Waals surface area contributed by atoms with E-state index < -0.39 is 0 Å². The van der Waals surface area contributed by atoms with Gasteiger partial charge >= 0.3 is 0 Å². The fraction of sp³-hybridized carbons (Fsp3) is 0.556. The zero-order valence-electron chi connectivity index (χ0n) is 7.89. The van der Waals surface area contributed by atoms with E-state index >= 15 is 0 Å². The number of aromatic nitrogens is 2. The first-order valence-electron chi connectivity index (χ1n) is 4.28. The van der Waals surface area contributed by atoms with Crippen LogP contribution in [0.5, 0.6) is 0 Å². The Morgan fingerprint density at radius 1 is 1.25 bits per heavy atom. The predicted octanol–water partition coefficient (Wildman–Crippen LogP) is 1.92. The van der Waals surface area contributed by atoms with Gasteiger partial charge in [-0.05, 0) is 26.3 Å². The molecule has 0 aliphatic heterocycles. The zero-order chi connectivity index (χ0) is 8.97. The van der Waals surface area contributed by atoms with Crippen LogP contribution >= 0.6 is 0 Å². The van der Waals surface area contributed by atoms with Gasteiger partial charge in [0.25, 0.3) is 0 Å². The molecule has 0 spiro atoms. The van der Waals surface area contributed by atoms with Crippen molar-refractivity contribution in [3.8, 4) is 0 Å². The third-order valence-corrected chi connectivity index (χ3v) is 1.52. The molecule has 1 N–H and O–H groups in total. The second-order valence-electron chi connectivity index (χ2n) is 2.90. The molecule has 1 heterocycles. The van der Waals surface area contributed by atoms with Crippen molar-refractivity contribution >= 4 is 5.95 Å². The predicted molar refractivity (Wildman–Crippen MR) is 50.3 cm³/mol. The molecule has 0 saturated heterocycles. The summed E-state index contributed by atoms with van der Waals surface area (Å²) in [6.07, 6.45) is 1.09. The third kappa shape index (κ3) is 2.49. The molecular weight excluding hydrogens is 150 g/mol. The summed E-state index contributed by atoms with van der Waals surface area (Å²) in [5, 5.41) is 3.15. The van der Waals surface area contributed by atoms with Crippen LogP contribution in [0.3, 0.4) is 0 Å². The molecule has 0 saturated carbocycles. The van der Waals surface area contributed by atoms with Crippen LogP contribution in [0.25, 0.3) is 0 Å². The quantitative estimate of drug-likeness (QED) is 0.743. The standard InChI is InChI=1S/C9H15N3/c1-4-5-10-9-11-7(2)6-8(3)12-9/h6H,4-5H2,1-3H3,(H,10,11,12). The van der Waals surface area contributed by atoms with Gasteiger partial charge in [0.1, 0.15) is 0 Å². The molecule has 12 heavy (non-hydrogen) atoms. The maximum Gasteiger partial charge on any atom is 0.223 e. The summed E-state index contributed by atoms with van der Waals surface area (Å²) in [6.45, 7) is 7.01. The number of hydrogen-bond acceptors (Lipinski definition) is 3. The SMILES string of the molecule is CCCNc1nc(C)cc(C)n1. The van der Waals surface area contributed by atoms with E-state index in [0.29, 0.717) is 0 Å². The van der Waals surface area contributed by atoms with E-state index in [1.165, 1.54) is 0 Å². The Morgan fingerprint density at radius 2 is 1.83 bits per heavy atom. The Balaban J connectivity index is 2.72. The second-order valence-corrected chi connectivity index (χ2v) is 2.90. The number of aryl methyl sites for hydroxylation is 2. The number of hydrogen-bond donors (Lipinski definition) is 1. The minimum Gasteiger partial charge on any atom is -0.354 e. The Labute approximate surface area is 73.2 Å². The average Bonchev–Trinajstić information content (AvgIpc) is 1.99. The maximum absolute atomic E-state index is 4.25. The van der Waals surface area contributed by atoms with Gasteiger partial charge < -0.3 is 5.32 Å². The summed E-state index contributed by atoms with van der Waals surface area (Å²) in [6, 6.07) is 1.97. The Hall–Kier alpha value is -1.12. The molecule has 1 aromatic heterocycles. The number of anilines is 1. The molecule has 0 aliphatic carbocycles. The molecular formula is C9H15N3. The Kier molecular flexibility index (Phi) is 3.02. The van der Waals surface area contributed by atoms with E-state index in [1.807, 2.05) is 19.9 Å². The lowest BCUT2D eigenvalue weighted by atomic mass is 10.3. The molecule has 1 aromatic rings. The monoisotopic (exact) mass is 165 g/mol. The van der Waals surface area contributed by atoms with E-state index in [1.54, 1.807) is 0 Å². The number of nitrogens with zero attached hydrogens (tertiary/aromatic N) is 2. The normalized spacial score (nSPS) is 9.92. The van der Waals surface area contributed by atoms with Crippen molar-refractivity contribution in [1.29, 1.82) is 0 Å². The van der Waals surface area contributed by atoms with Crippen LogP contribution in [0, 0.1) is 13.8 Å². The molecule has 0 aliphatic rings. The summed E-state index contributed by atoms with van der Waals surface area (Å²) in [5.74, 6) is 0.745. The van der Waals surface area contributed by atoms with Crippen molar-refractivity contribution in [2.45, 2.75) is 27.2 Å². The first-order chi connectivity index (χ1) is 5.72. The summed E-state index contributed by atoms with van der Waals surface area (Å²) in [5.41, 5.74) is 2.03. The topological polar surface area (TPSA) is 37.8 Å². The van der Waals surface area contributed by atoms with Gasteiger partial charge in [-0.1, -0.05) is 6.92 Å². The smallest absolute Gasteiger partial charge is 0.223 e. The first kappa shape index (κ1) is 8.97. The summed E-state index contributed by atoms with van der Waals surface area (Å²) < 4.78 is 0. The molecule has 0 amide bonds. The highest BCUT2D eigenvalue weighted by atomic mass is 15.1. The van der Waals surface area contributed by atoms with E-state index in [9.17, 15) is 0 Å². The second kappa shape index (κ2) is 4.04. The molecule has 1 rings (SSSR count). The van der Waals surface area contributed by atoms with Gasteiger partial charge in [0.15, 0.2) is 0 Å². The van der Waals surface area contributed by atoms with Gasteiger partial charge in [0.05, 0.1) is 0 Å². The molecule has 0 aromatic carbocycles. The minimum absolute atomic E-state index is 0.745. The zero-order valence-corrected chi connectivity index (χ0v) is 7.89. The van der Waals surface area contributed by atoms with Crippen LogP contribution in [0.1, 0.15) is 24.7 Å². The fourth-order valence-corrected chi connectivity index (χ4v) is 1.04. The van der Waals surface area contributed by atoms with Crippen molar-refractivity contribution in [3.63, 3.8) is 0 Å². The van der Waals surface area contributed by atoms with Gasteiger partial charge in [-0.2, -0.15) is 0 Å². The number of rotatable bonds is 3. The van der Waals surface area contributed by atoms with Crippen LogP contribution in [-0.2, 0) is 0 Å². The minimum atomic E-state index is 0.745. The van der Waals surface area contributed by atoms with Gasteiger partial charge in [0, 0.05) is 17.9 Å². The average molecular weight is 165 g/mol. The van der Waals surface area contributed by atoms with Crippen molar-refractivity contribution < 1.29 is 0 Å². The van der Waals surface area contributed by atoms with Crippen LogP contribution in [0.15, 0.2) is 6.07 Å². The molecule has 0 unspecified atom stereocenters. The highest BCUT2D eigenvalue weighted by Gasteiger charge is 1.96. The van der Waals surface area contributed by atoms with E-state index in [0.717, 1.165) is 30.3 Å². The summed E-state index contributed by atoms with van der Waals surface area (Å²) >= 11 is 0. The largest absolute Gasteiger partial charge is 0.354 e. The molecule has 0 fully saturated rings. The highest BCUT2D eigenvalue weighted by Crippen LogP contribution is 2.02. The third-order valence-electron chi connectivity index (χ3n) is 1.52. The molecule has 0 radical (unpaired) electrons. The molecule has 0 bridgehead atoms. The summed E-state index contributed by atoms with van der Waals surface area (Å²) in [4.78, 5) is 8.50. The van der Waals surface area contributed by atoms with Crippen molar-refractivity contribution in [2.75, 3.05) is 11.9 Å². The lowest BCUT2D eigenvalue weighted by Crippen LogP contribution is -2.05. The van der Waals surface area contributed by atoms with Crippen molar-refractivity contribution in [3.05, 3.63) is 17.5 Å². The van der Waals surface area contributed by atoms with Crippen LogP contribution < -0.4 is 5.32 Å². The van der Waals surface area contributed by atoms with Crippen LogP contribution in [0.4, 0.5) is 5.95 Å². The van der Waals surface area contributed by atoms with Gasteiger partial charge in [-0.15, -0.1) is 0 Å². The van der Waals surface area contributed by atoms with Crippen LogP contribution in [-0.4, -0.2) is 16.5 Å². The Morgan fingerprint density at radius 3 is 2.33 bits per heavy atom. The van der Waals surface area contributed by atoms with Crippen molar-refractivity contribution in [1.82, 2.24) is 9.97 Å². The van der Waals surface area contributed by atoms with Crippen molar-refractivity contribution in [2.24, 2.45) is 0 Å².